The summed E-state index contributed by atoms with van der Waals surface area (Å²) in [6.45, 7) is 3.75. The van der Waals surface area contributed by atoms with Gasteiger partial charge in [0.25, 0.3) is 11.5 Å². The van der Waals surface area contributed by atoms with Gasteiger partial charge in [0, 0.05) is 24.0 Å². The number of aryl methyl sites for hydroxylation is 1. The number of carbonyl (C=O) groups is 1. The largest absolute Gasteiger partial charge is 0.381 e. The van der Waals surface area contributed by atoms with Crippen LogP contribution in [0.1, 0.15) is 45.8 Å². The maximum atomic E-state index is 14.2. The van der Waals surface area contributed by atoms with E-state index in [9.17, 15) is 9.59 Å². The van der Waals surface area contributed by atoms with Crippen LogP contribution in [0.25, 0.3) is 22.1 Å². The molecule has 2 aromatic carbocycles. The lowest BCUT2D eigenvalue weighted by molar-refractivity contribution is 0.0941. The molecule has 6 aromatic rings. The lowest BCUT2D eigenvalue weighted by Gasteiger charge is -2.21. The molecule has 202 valence electrons. The number of anilines is 1. The van der Waals surface area contributed by atoms with Crippen LogP contribution in [0, 0.1) is 18.8 Å². The van der Waals surface area contributed by atoms with Crippen LogP contribution in [0.15, 0.2) is 78.2 Å². The van der Waals surface area contributed by atoms with Gasteiger partial charge in [-0.3, -0.25) is 18.8 Å². The summed E-state index contributed by atoms with van der Waals surface area (Å²) >= 11 is 0. The fraction of sp³-hybridized carbons (Fsp3) is 0.133. The van der Waals surface area contributed by atoms with Gasteiger partial charge >= 0.3 is 0 Å². The first-order chi connectivity index (χ1) is 19.8. The van der Waals surface area contributed by atoms with Crippen LogP contribution >= 0.6 is 0 Å². The number of fused-ring (bicyclic) bond motifs is 2. The third-order valence-electron chi connectivity index (χ3n) is 7.01. The molecule has 0 saturated carbocycles. The number of pyridine rings is 1. The number of hydrogen-bond donors (Lipinski definition) is 2. The topological polar surface area (TPSA) is 138 Å². The first kappa shape index (κ1) is 25.5. The van der Waals surface area contributed by atoms with Gasteiger partial charge in [-0.1, -0.05) is 42.2 Å². The molecule has 0 fully saturated rings. The number of nitrogens with two attached hydrogens (primary N) is 1. The van der Waals surface area contributed by atoms with Crippen molar-refractivity contribution in [2.45, 2.75) is 19.9 Å². The lowest BCUT2D eigenvalue weighted by Crippen LogP contribution is -2.32. The Morgan fingerprint density at radius 3 is 2.61 bits per heavy atom. The molecule has 3 N–H and O–H groups in total. The Kier molecular flexibility index (Phi) is 6.28. The van der Waals surface area contributed by atoms with E-state index in [0.29, 0.717) is 27.7 Å². The van der Waals surface area contributed by atoms with Crippen molar-refractivity contribution in [3.05, 3.63) is 112 Å². The van der Waals surface area contributed by atoms with E-state index in [1.54, 1.807) is 15.4 Å². The Bertz CT molecular complexity index is 2080. The lowest BCUT2D eigenvalue weighted by atomic mass is 10.0. The highest BCUT2D eigenvalue weighted by Gasteiger charge is 2.24. The molecule has 0 spiro atoms. The Balaban J connectivity index is 1.48. The molecule has 0 bridgehead atoms. The van der Waals surface area contributed by atoms with E-state index in [4.69, 9.17) is 5.73 Å². The van der Waals surface area contributed by atoms with Crippen LogP contribution in [0.3, 0.4) is 0 Å². The minimum Gasteiger partial charge on any atom is -0.381 e. The molecule has 1 amide bonds. The van der Waals surface area contributed by atoms with Gasteiger partial charge in [-0.05, 0) is 43.5 Å². The van der Waals surface area contributed by atoms with Crippen molar-refractivity contribution < 1.29 is 4.79 Å². The molecule has 0 radical (unpaired) electrons. The zero-order chi connectivity index (χ0) is 28.7. The average molecular weight is 544 g/mol. The number of para-hydroxylation sites is 1. The summed E-state index contributed by atoms with van der Waals surface area (Å²) < 4.78 is 4.71. The number of nitrogens with zero attached hydrogens (tertiary/aromatic N) is 7. The molecule has 4 aromatic heterocycles. The average Bonchev–Trinajstić information content (AvgIpc) is 3.49. The molecule has 11 heteroatoms. The van der Waals surface area contributed by atoms with Crippen molar-refractivity contribution in [2.75, 3.05) is 5.73 Å². The monoisotopic (exact) mass is 543 g/mol. The normalized spacial score (nSPS) is 11.8. The molecule has 1 atom stereocenters. The van der Waals surface area contributed by atoms with E-state index in [0.717, 1.165) is 11.3 Å². The van der Waals surface area contributed by atoms with Crippen molar-refractivity contribution in [1.29, 1.82) is 0 Å². The Labute approximate surface area is 234 Å². The molecule has 4 heterocycles. The van der Waals surface area contributed by atoms with E-state index < -0.39 is 11.9 Å². The predicted octanol–water partition coefficient (Wildman–Crippen LogP) is 2.94. The Hall–Kier alpha value is -5.76. The van der Waals surface area contributed by atoms with E-state index in [1.165, 1.54) is 17.2 Å². The fourth-order valence-corrected chi connectivity index (χ4v) is 4.79. The first-order valence-corrected chi connectivity index (χ1v) is 12.8. The number of carbonyl (C=O) groups excluding carboxylic acids is 1. The summed E-state index contributed by atoms with van der Waals surface area (Å²) in [5, 5.41) is 12.5. The van der Waals surface area contributed by atoms with Gasteiger partial charge in [0.1, 0.15) is 18.2 Å². The zero-order valence-electron chi connectivity index (χ0n) is 22.5. The summed E-state index contributed by atoms with van der Waals surface area (Å²) in [7, 11) is 1.86. The quantitative estimate of drug-likeness (QED) is 0.326. The van der Waals surface area contributed by atoms with E-state index in [-0.39, 0.29) is 22.6 Å². The fourth-order valence-electron chi connectivity index (χ4n) is 4.79. The third kappa shape index (κ3) is 4.47. The van der Waals surface area contributed by atoms with Gasteiger partial charge in [0.05, 0.1) is 28.9 Å². The standard InChI is InChI=1S/C30H25N9O2/c1-18(35-29(40)26-27(31)36-38-17-32-16-33-28(26)38)24-14-21-9-7-8-20(12-13-22-15-34-37(3)19(22)2)25(21)30(41)39(24)23-10-5-4-6-11-23/h4-11,14-18H,1-3H3,(H2,31,36)(H,35,40)/t18-/m0/s1. The number of benzene rings is 2. The zero-order valence-corrected chi connectivity index (χ0v) is 22.5. The van der Waals surface area contributed by atoms with E-state index >= 15 is 0 Å². The number of hydrogen-bond acceptors (Lipinski definition) is 7. The second-order valence-electron chi connectivity index (χ2n) is 9.57. The third-order valence-corrected chi connectivity index (χ3v) is 7.01. The van der Waals surface area contributed by atoms with Crippen LogP contribution in [0.2, 0.25) is 0 Å². The number of nitrogens with one attached hydrogen (secondary N) is 1. The maximum Gasteiger partial charge on any atom is 0.264 e. The molecule has 0 unspecified atom stereocenters. The van der Waals surface area contributed by atoms with Gasteiger partial charge in [-0.15, -0.1) is 5.10 Å². The van der Waals surface area contributed by atoms with Crippen molar-refractivity contribution in [3.8, 4) is 17.5 Å². The van der Waals surface area contributed by atoms with Crippen LogP contribution in [-0.2, 0) is 7.05 Å². The summed E-state index contributed by atoms with van der Waals surface area (Å²) in [5.41, 5.74) is 9.79. The summed E-state index contributed by atoms with van der Waals surface area (Å²) in [5.74, 6) is 5.90. The number of rotatable bonds is 4. The number of aromatic nitrogens is 7. The second kappa shape index (κ2) is 10.1. The predicted molar refractivity (Wildman–Crippen MR) is 155 cm³/mol. The smallest absolute Gasteiger partial charge is 0.264 e. The van der Waals surface area contributed by atoms with E-state index in [2.05, 4.69) is 37.3 Å². The van der Waals surface area contributed by atoms with Crippen LogP contribution < -0.4 is 16.6 Å². The van der Waals surface area contributed by atoms with Crippen LogP contribution in [0.5, 0.6) is 0 Å². The molecule has 11 nitrogen and oxygen atoms in total. The highest BCUT2D eigenvalue weighted by molar-refractivity contribution is 6.04. The van der Waals surface area contributed by atoms with Crippen molar-refractivity contribution in [2.24, 2.45) is 7.05 Å². The molecule has 0 saturated heterocycles. The van der Waals surface area contributed by atoms with Gasteiger partial charge in [0.15, 0.2) is 11.5 Å². The Morgan fingerprint density at radius 1 is 1.07 bits per heavy atom. The van der Waals surface area contributed by atoms with Crippen molar-refractivity contribution in [3.63, 3.8) is 0 Å². The molecule has 41 heavy (non-hydrogen) atoms. The van der Waals surface area contributed by atoms with E-state index in [1.807, 2.05) is 75.5 Å². The van der Waals surface area contributed by atoms with Crippen LogP contribution in [-0.4, -0.2) is 39.8 Å². The van der Waals surface area contributed by atoms with Gasteiger partial charge < -0.3 is 11.1 Å². The summed E-state index contributed by atoms with van der Waals surface area (Å²) in [6.07, 6.45) is 4.45. The number of amides is 1. The molecule has 0 aliphatic carbocycles. The van der Waals surface area contributed by atoms with Gasteiger partial charge in [-0.2, -0.15) is 5.10 Å². The summed E-state index contributed by atoms with van der Waals surface area (Å²) in [6, 6.07) is 16.1. The molecular formula is C30H25N9O2. The summed E-state index contributed by atoms with van der Waals surface area (Å²) in [4.78, 5) is 35.7. The molecule has 0 aliphatic heterocycles. The second-order valence-corrected chi connectivity index (χ2v) is 9.57. The molecular weight excluding hydrogens is 518 g/mol. The molecule has 0 aliphatic rings. The highest BCUT2D eigenvalue weighted by Crippen LogP contribution is 2.24. The Morgan fingerprint density at radius 2 is 1.85 bits per heavy atom. The maximum absolute atomic E-state index is 14.2. The minimum absolute atomic E-state index is 0.0289. The molecule has 6 rings (SSSR count). The first-order valence-electron chi connectivity index (χ1n) is 12.8. The van der Waals surface area contributed by atoms with Crippen LogP contribution in [0.4, 0.5) is 5.82 Å². The highest BCUT2D eigenvalue weighted by atomic mass is 16.2. The SMILES string of the molecule is Cc1c(C#Cc2cccc3cc([C@H](C)NC(=O)c4c(N)nn5cncnc45)n(-c4ccccc4)c(=O)c23)cnn1C. The van der Waals surface area contributed by atoms with Crippen molar-refractivity contribution >= 4 is 28.1 Å². The minimum atomic E-state index is -0.594. The number of nitrogen functional groups attached to an aromatic ring is 1. The van der Waals surface area contributed by atoms with Crippen molar-refractivity contribution in [1.82, 2.24) is 39.2 Å². The van der Waals surface area contributed by atoms with Gasteiger partial charge in [-0.25, -0.2) is 14.5 Å². The van der Waals surface area contributed by atoms with Gasteiger partial charge in [0.2, 0.25) is 0 Å².